The first-order valence-electron chi connectivity index (χ1n) is 16.9. The number of fused-ring (bicyclic) bond motifs is 1. The van der Waals surface area contributed by atoms with Crippen LogP contribution in [0.1, 0.15) is 46.5 Å². The molecule has 0 spiro atoms. The number of alkyl carbamates (subject to hydrolysis) is 1. The molecule has 2 aliphatic carbocycles. The monoisotopic (exact) mass is 740 g/mol. The maximum Gasteiger partial charge on any atom is 0.408 e. The SMILES string of the molecule is C=CC(=O)NCC(NC(=O)OC(C)(C)C)C(=O)N1CC(Oc2nccc3cc(OC)ccc23)CC1C(=O)N(C(=O)NS(=O)(=O)C1CC1)C1CC1C=C. The van der Waals surface area contributed by atoms with Gasteiger partial charge in [0.15, 0.2) is 0 Å². The molecule has 0 bridgehead atoms. The smallest absolute Gasteiger partial charge is 0.408 e. The van der Waals surface area contributed by atoms with Crippen LogP contribution in [0, 0.1) is 5.92 Å². The average Bonchev–Trinajstić information content (AvgIpc) is 4.02. The van der Waals surface area contributed by atoms with Gasteiger partial charge in [0, 0.05) is 30.6 Å². The minimum absolute atomic E-state index is 0.123. The minimum Gasteiger partial charge on any atom is -0.497 e. The van der Waals surface area contributed by atoms with Crippen LogP contribution < -0.4 is 24.8 Å². The molecule has 2 saturated carbocycles. The molecule has 0 radical (unpaired) electrons. The molecule has 1 saturated heterocycles. The fourth-order valence-corrected chi connectivity index (χ4v) is 7.22. The van der Waals surface area contributed by atoms with Crippen LogP contribution in [0.5, 0.6) is 11.6 Å². The fourth-order valence-electron chi connectivity index (χ4n) is 5.95. The Hall–Kier alpha value is -5.19. The third-order valence-electron chi connectivity index (χ3n) is 8.79. The molecule has 3 fully saturated rings. The highest BCUT2D eigenvalue weighted by Crippen LogP contribution is 2.39. The normalized spacial score (nSPS) is 21.7. The maximum absolute atomic E-state index is 14.5. The molecule has 6 amide bonds. The molecular formula is C35H44N6O10S. The number of nitrogens with zero attached hydrogens (tertiary/aromatic N) is 3. The number of imide groups is 1. The molecule has 16 nitrogen and oxygen atoms in total. The van der Waals surface area contributed by atoms with Gasteiger partial charge in [-0.15, -0.1) is 6.58 Å². The molecule has 3 N–H and O–H groups in total. The summed E-state index contributed by atoms with van der Waals surface area (Å²) in [6.45, 7) is 11.5. The van der Waals surface area contributed by atoms with Crippen molar-refractivity contribution in [3.63, 3.8) is 0 Å². The lowest BCUT2D eigenvalue weighted by Crippen LogP contribution is -2.59. The third kappa shape index (κ3) is 8.99. The Morgan fingerprint density at radius 1 is 1.12 bits per heavy atom. The lowest BCUT2D eigenvalue weighted by atomic mass is 10.1. The van der Waals surface area contributed by atoms with E-state index in [0.717, 1.165) is 21.3 Å². The van der Waals surface area contributed by atoms with Crippen molar-refractivity contribution in [1.29, 1.82) is 0 Å². The van der Waals surface area contributed by atoms with Crippen molar-refractivity contribution >= 4 is 50.6 Å². The van der Waals surface area contributed by atoms with Gasteiger partial charge in [-0.3, -0.25) is 19.3 Å². The number of methoxy groups -OCH3 is 1. The predicted octanol–water partition coefficient (Wildman–Crippen LogP) is 2.39. The number of hydrogen-bond donors (Lipinski definition) is 3. The first-order valence-corrected chi connectivity index (χ1v) is 18.4. The average molecular weight is 741 g/mol. The second kappa shape index (κ2) is 15.2. The number of sulfonamides is 1. The Labute approximate surface area is 302 Å². The number of carbonyl (C=O) groups is 5. The van der Waals surface area contributed by atoms with Gasteiger partial charge in [0.2, 0.25) is 27.7 Å². The van der Waals surface area contributed by atoms with Crippen molar-refractivity contribution in [2.75, 3.05) is 20.2 Å². The number of urea groups is 1. The molecule has 1 aromatic heterocycles. The summed E-state index contributed by atoms with van der Waals surface area (Å²) in [5, 5.41) is 5.62. The summed E-state index contributed by atoms with van der Waals surface area (Å²) in [4.78, 5) is 73.9. The standard InChI is InChI=1S/C35H44N6O10S/c1-7-20-16-27(20)41(33(45)39-52(47,48)24-10-11-24)32(44)28-17-23(50-30-25-12-9-22(49-6)15-21(25)13-14-36-30)19-40(28)31(43)26(18-37-29(42)8-2)38-34(46)51-35(3,4)5/h7-9,12-15,20,23-24,26-28H,1-2,10-11,16-19H2,3-6H3,(H,37,42)(H,38,46)(H,39,45). The zero-order valence-electron chi connectivity index (χ0n) is 29.5. The van der Waals surface area contributed by atoms with Gasteiger partial charge in [0.25, 0.3) is 5.91 Å². The Morgan fingerprint density at radius 3 is 2.46 bits per heavy atom. The van der Waals surface area contributed by atoms with Crippen LogP contribution in [0.2, 0.25) is 0 Å². The van der Waals surface area contributed by atoms with Gasteiger partial charge < -0.3 is 29.7 Å². The summed E-state index contributed by atoms with van der Waals surface area (Å²) >= 11 is 0. The first-order chi connectivity index (χ1) is 24.5. The fraction of sp³-hybridized carbons (Fsp3) is 0.486. The lowest BCUT2D eigenvalue weighted by Gasteiger charge is -2.32. The van der Waals surface area contributed by atoms with Crippen LogP contribution in [-0.2, 0) is 29.1 Å². The van der Waals surface area contributed by atoms with Crippen LogP contribution in [0.3, 0.4) is 0 Å². The summed E-state index contributed by atoms with van der Waals surface area (Å²) in [6, 6.07) is 2.43. The van der Waals surface area contributed by atoms with E-state index in [-0.39, 0.29) is 24.8 Å². The van der Waals surface area contributed by atoms with E-state index in [9.17, 15) is 32.4 Å². The number of rotatable bonds is 13. The minimum atomic E-state index is -4.04. The van der Waals surface area contributed by atoms with Gasteiger partial charge in [-0.05, 0) is 81.7 Å². The molecule has 1 aliphatic heterocycles. The van der Waals surface area contributed by atoms with Gasteiger partial charge in [0.05, 0.1) is 18.9 Å². The Balaban J connectivity index is 1.49. The number of aromatic nitrogens is 1. The molecular weight excluding hydrogens is 696 g/mol. The number of pyridine rings is 1. The number of likely N-dealkylation sites (tertiary alicyclic amines) is 1. The molecule has 3 aliphatic rings. The first kappa shape index (κ1) is 38.1. The van der Waals surface area contributed by atoms with Crippen molar-refractivity contribution in [2.24, 2.45) is 5.92 Å². The molecule has 5 rings (SSSR count). The van der Waals surface area contributed by atoms with Crippen molar-refractivity contribution in [3.8, 4) is 11.6 Å². The van der Waals surface area contributed by atoms with E-state index >= 15 is 0 Å². The number of nitrogens with one attached hydrogen (secondary N) is 3. The highest BCUT2D eigenvalue weighted by atomic mass is 32.2. The summed E-state index contributed by atoms with van der Waals surface area (Å²) in [6.07, 6.45) is 3.31. The zero-order chi connectivity index (χ0) is 38.0. The number of amides is 6. The van der Waals surface area contributed by atoms with Gasteiger partial charge in [-0.25, -0.2) is 27.7 Å². The van der Waals surface area contributed by atoms with Gasteiger partial charge in [0.1, 0.15) is 29.5 Å². The van der Waals surface area contributed by atoms with Crippen LogP contribution in [0.4, 0.5) is 9.59 Å². The van der Waals surface area contributed by atoms with Crippen LogP contribution in [0.25, 0.3) is 10.8 Å². The number of carbonyl (C=O) groups excluding carboxylic acids is 5. The van der Waals surface area contributed by atoms with E-state index in [2.05, 4.69) is 28.8 Å². The van der Waals surface area contributed by atoms with Crippen LogP contribution in [-0.4, -0.2) is 108 Å². The summed E-state index contributed by atoms with van der Waals surface area (Å²) in [7, 11) is -2.50. The number of hydrogen-bond acceptors (Lipinski definition) is 11. The molecule has 2 aromatic rings. The topological polar surface area (TPSA) is 203 Å². The van der Waals surface area contributed by atoms with Gasteiger partial charge in [-0.2, -0.15) is 0 Å². The summed E-state index contributed by atoms with van der Waals surface area (Å²) in [5.74, 6) is -1.73. The summed E-state index contributed by atoms with van der Waals surface area (Å²) < 4.78 is 44.6. The quantitative estimate of drug-likeness (QED) is 0.201. The molecule has 17 heteroatoms. The second-order valence-electron chi connectivity index (χ2n) is 13.9. The van der Waals surface area contributed by atoms with Crippen LogP contribution >= 0.6 is 0 Å². The van der Waals surface area contributed by atoms with E-state index < -0.39 is 81.5 Å². The van der Waals surface area contributed by atoms with E-state index in [1.54, 1.807) is 58.2 Å². The van der Waals surface area contributed by atoms with Crippen molar-refractivity contribution < 1.29 is 46.6 Å². The Morgan fingerprint density at radius 2 is 1.85 bits per heavy atom. The van der Waals surface area contributed by atoms with E-state index in [4.69, 9.17) is 14.2 Å². The highest BCUT2D eigenvalue weighted by molar-refractivity contribution is 7.90. The van der Waals surface area contributed by atoms with Crippen molar-refractivity contribution in [1.82, 2.24) is 30.1 Å². The van der Waals surface area contributed by atoms with Gasteiger partial charge >= 0.3 is 12.1 Å². The molecule has 280 valence electrons. The second-order valence-corrected chi connectivity index (χ2v) is 15.9. The maximum atomic E-state index is 14.5. The molecule has 5 atom stereocenters. The number of benzene rings is 1. The van der Waals surface area contributed by atoms with Crippen molar-refractivity contribution in [2.45, 2.75) is 81.5 Å². The highest BCUT2D eigenvalue weighted by Gasteiger charge is 2.52. The molecule has 52 heavy (non-hydrogen) atoms. The number of ether oxygens (including phenoxy) is 3. The molecule has 5 unspecified atom stereocenters. The molecule has 1 aromatic carbocycles. The largest absolute Gasteiger partial charge is 0.497 e. The third-order valence-corrected chi connectivity index (χ3v) is 10.6. The molecule has 2 heterocycles. The predicted molar refractivity (Wildman–Crippen MR) is 189 cm³/mol. The van der Waals surface area contributed by atoms with Crippen LogP contribution in [0.15, 0.2) is 55.8 Å². The Bertz CT molecular complexity index is 1870. The van der Waals surface area contributed by atoms with Gasteiger partial charge in [-0.1, -0.05) is 12.7 Å². The zero-order valence-corrected chi connectivity index (χ0v) is 30.3. The van der Waals surface area contributed by atoms with E-state index in [1.165, 1.54) is 6.20 Å². The van der Waals surface area contributed by atoms with E-state index in [0.29, 0.717) is 30.4 Å². The lowest BCUT2D eigenvalue weighted by molar-refractivity contribution is -0.143. The van der Waals surface area contributed by atoms with E-state index in [1.807, 2.05) is 4.72 Å². The summed E-state index contributed by atoms with van der Waals surface area (Å²) in [5.41, 5.74) is -0.927. The van der Waals surface area contributed by atoms with Crippen molar-refractivity contribution in [3.05, 3.63) is 55.8 Å². The Kier molecular flexibility index (Phi) is 11.1.